The topological polar surface area (TPSA) is 90.4 Å². The molecule has 3 amide bonds. The SMILES string of the molecule is C=CCN(C)C(=O)[C@@H]1[C@H]2C(=O)N([C@@H](CO)[C@@H](C)CC)C(C(=O)N(CC=C)CCCCC)C23CC[C@@]1(CC)O3. The largest absolute Gasteiger partial charge is 0.394 e. The Kier molecular flexibility index (Phi) is 9.85. The lowest BCUT2D eigenvalue weighted by atomic mass is 9.64. The van der Waals surface area contributed by atoms with E-state index in [1.54, 1.807) is 33.9 Å². The standard InChI is InChI=1S/C30H49N3O5/c1-8-13-14-19-32(18-10-3)28(37)25-30-16-15-29(12-5,38-30)23(26(35)31(7)17-9-2)24(30)27(36)33(25)22(20-34)21(6)11-4/h9-10,21-25,34H,2-3,8,11-20H2,1,4-7H3/t21-,22-,23-,24-,25?,29+,30?/m0/s1. The van der Waals surface area contributed by atoms with Crippen LogP contribution in [0.25, 0.3) is 0 Å². The van der Waals surface area contributed by atoms with Gasteiger partial charge in [0.15, 0.2) is 0 Å². The molecule has 3 heterocycles. The third-order valence-corrected chi connectivity index (χ3v) is 9.44. The van der Waals surface area contributed by atoms with Crippen molar-refractivity contribution in [3.63, 3.8) is 0 Å². The molecule has 0 saturated carbocycles. The lowest BCUT2D eigenvalue weighted by Gasteiger charge is -2.41. The first-order valence-electron chi connectivity index (χ1n) is 14.5. The van der Waals surface area contributed by atoms with Gasteiger partial charge in [0.1, 0.15) is 11.6 Å². The van der Waals surface area contributed by atoms with E-state index in [0.29, 0.717) is 38.9 Å². The predicted molar refractivity (Wildman–Crippen MR) is 148 cm³/mol. The van der Waals surface area contributed by atoms with Gasteiger partial charge in [-0.05, 0) is 31.6 Å². The monoisotopic (exact) mass is 531 g/mol. The third-order valence-electron chi connectivity index (χ3n) is 9.44. The molecule has 0 aromatic carbocycles. The molecule has 8 nitrogen and oxygen atoms in total. The predicted octanol–water partition coefficient (Wildman–Crippen LogP) is 3.40. The minimum Gasteiger partial charge on any atom is -0.394 e. The second-order valence-electron chi connectivity index (χ2n) is 11.5. The average Bonchev–Trinajstić information content (AvgIpc) is 3.52. The number of aliphatic hydroxyl groups is 1. The minimum atomic E-state index is -1.09. The van der Waals surface area contributed by atoms with E-state index in [1.165, 1.54) is 0 Å². The van der Waals surface area contributed by atoms with E-state index in [4.69, 9.17) is 4.74 Å². The Morgan fingerprint density at radius 3 is 2.39 bits per heavy atom. The van der Waals surface area contributed by atoms with Crippen LogP contribution in [0.2, 0.25) is 0 Å². The fourth-order valence-electron chi connectivity index (χ4n) is 7.18. The van der Waals surface area contributed by atoms with Crippen molar-refractivity contribution in [2.45, 2.75) is 95.9 Å². The molecule has 1 spiro atoms. The molecule has 0 aliphatic carbocycles. The van der Waals surface area contributed by atoms with Crippen LogP contribution < -0.4 is 0 Å². The van der Waals surface area contributed by atoms with E-state index >= 15 is 0 Å². The molecule has 0 aromatic rings. The maximum Gasteiger partial charge on any atom is 0.248 e. The third kappa shape index (κ3) is 4.83. The number of ether oxygens (including phenoxy) is 1. The molecule has 8 heteroatoms. The molecule has 3 rings (SSSR count). The van der Waals surface area contributed by atoms with E-state index in [-0.39, 0.29) is 30.2 Å². The first-order valence-corrected chi connectivity index (χ1v) is 14.5. The number of aliphatic hydroxyl groups excluding tert-OH is 1. The number of hydrogen-bond donors (Lipinski definition) is 1. The Bertz CT molecular complexity index is 908. The normalized spacial score (nSPS) is 31.2. The summed E-state index contributed by atoms with van der Waals surface area (Å²) >= 11 is 0. The Balaban J connectivity index is 2.15. The molecule has 0 radical (unpaired) electrons. The number of hydrogen-bond acceptors (Lipinski definition) is 5. The van der Waals surface area contributed by atoms with E-state index in [2.05, 4.69) is 20.1 Å². The summed E-state index contributed by atoms with van der Waals surface area (Å²) in [5.74, 6) is -2.02. The zero-order chi connectivity index (χ0) is 28.3. The maximum absolute atomic E-state index is 14.5. The van der Waals surface area contributed by atoms with E-state index in [0.717, 1.165) is 25.7 Å². The van der Waals surface area contributed by atoms with Gasteiger partial charge >= 0.3 is 0 Å². The first kappa shape index (κ1) is 30.4. The molecule has 3 aliphatic rings. The molecule has 0 aromatic heterocycles. The molecule has 214 valence electrons. The van der Waals surface area contributed by atoms with Crippen molar-refractivity contribution >= 4 is 17.7 Å². The number of likely N-dealkylation sites (tertiary alicyclic amines) is 1. The van der Waals surface area contributed by atoms with Crippen molar-refractivity contribution < 1.29 is 24.2 Å². The first-order chi connectivity index (χ1) is 18.1. The van der Waals surface area contributed by atoms with Gasteiger partial charge in [-0.25, -0.2) is 0 Å². The Morgan fingerprint density at radius 2 is 1.84 bits per heavy atom. The van der Waals surface area contributed by atoms with Crippen molar-refractivity contribution in [1.82, 2.24) is 14.7 Å². The number of nitrogens with zero attached hydrogens (tertiary/aromatic N) is 3. The Labute approximate surface area is 229 Å². The fraction of sp³-hybridized carbons (Fsp3) is 0.767. The summed E-state index contributed by atoms with van der Waals surface area (Å²) in [7, 11) is 1.72. The molecule has 7 atom stereocenters. The molecule has 3 saturated heterocycles. The molecule has 2 bridgehead atoms. The highest BCUT2D eigenvalue weighted by Crippen LogP contribution is 2.65. The van der Waals surface area contributed by atoms with E-state index < -0.39 is 35.1 Å². The quantitative estimate of drug-likeness (QED) is 0.258. The smallest absolute Gasteiger partial charge is 0.248 e. The van der Waals surface area contributed by atoms with Crippen LogP contribution in [-0.4, -0.2) is 94.1 Å². The molecule has 1 N–H and O–H groups in total. The Hall–Kier alpha value is -2.19. The highest BCUT2D eigenvalue weighted by atomic mass is 16.5. The van der Waals surface area contributed by atoms with Crippen LogP contribution in [0.3, 0.4) is 0 Å². The summed E-state index contributed by atoms with van der Waals surface area (Å²) in [4.78, 5) is 47.8. The van der Waals surface area contributed by atoms with E-state index in [1.807, 2.05) is 20.8 Å². The van der Waals surface area contributed by atoms with Gasteiger partial charge in [0.25, 0.3) is 0 Å². The van der Waals surface area contributed by atoms with Crippen LogP contribution in [0, 0.1) is 17.8 Å². The van der Waals surface area contributed by atoms with Crippen molar-refractivity contribution in [3.05, 3.63) is 25.3 Å². The number of likely N-dealkylation sites (N-methyl/N-ethyl adjacent to an activating group) is 1. The van der Waals surface area contributed by atoms with Crippen molar-refractivity contribution in [2.24, 2.45) is 17.8 Å². The van der Waals surface area contributed by atoms with Crippen LogP contribution >= 0.6 is 0 Å². The number of fused-ring (bicyclic) bond motifs is 1. The molecule has 38 heavy (non-hydrogen) atoms. The maximum atomic E-state index is 14.5. The van der Waals surface area contributed by atoms with Gasteiger partial charge in [-0.15, -0.1) is 13.2 Å². The number of carbonyl (C=O) groups excluding carboxylic acids is 3. The highest BCUT2D eigenvalue weighted by Gasteiger charge is 2.79. The van der Waals surface area contributed by atoms with Gasteiger partial charge < -0.3 is 24.5 Å². The Morgan fingerprint density at radius 1 is 1.16 bits per heavy atom. The van der Waals surface area contributed by atoms with Crippen LogP contribution in [0.1, 0.15) is 72.6 Å². The van der Waals surface area contributed by atoms with Crippen LogP contribution in [0.4, 0.5) is 0 Å². The lowest BCUT2D eigenvalue weighted by molar-refractivity contribution is -0.158. The number of rotatable bonds is 15. The zero-order valence-electron chi connectivity index (χ0n) is 24.2. The van der Waals surface area contributed by atoms with Crippen LogP contribution in [0.5, 0.6) is 0 Å². The minimum absolute atomic E-state index is 0.0302. The molecular weight excluding hydrogens is 482 g/mol. The average molecular weight is 532 g/mol. The van der Waals surface area contributed by atoms with Crippen molar-refractivity contribution in [1.29, 1.82) is 0 Å². The highest BCUT2D eigenvalue weighted by molar-refractivity contribution is 5.99. The van der Waals surface area contributed by atoms with Gasteiger partial charge in [0.2, 0.25) is 17.7 Å². The summed E-state index contributed by atoms with van der Waals surface area (Å²) in [5.41, 5.74) is -1.88. The fourth-order valence-corrected chi connectivity index (χ4v) is 7.18. The molecule has 2 unspecified atom stereocenters. The van der Waals surface area contributed by atoms with Crippen molar-refractivity contribution in [3.8, 4) is 0 Å². The lowest BCUT2D eigenvalue weighted by Crippen LogP contribution is -2.60. The van der Waals surface area contributed by atoms with E-state index in [9.17, 15) is 19.5 Å². The van der Waals surface area contributed by atoms with Crippen LogP contribution in [-0.2, 0) is 19.1 Å². The summed E-state index contributed by atoms with van der Waals surface area (Å²) in [6, 6.07) is -1.42. The number of carbonyl (C=O) groups is 3. The molecule has 3 aliphatic heterocycles. The van der Waals surface area contributed by atoms with Crippen LogP contribution in [0.15, 0.2) is 25.3 Å². The number of amides is 3. The van der Waals surface area contributed by atoms with Gasteiger partial charge in [0, 0.05) is 26.7 Å². The summed E-state index contributed by atoms with van der Waals surface area (Å²) < 4.78 is 6.89. The molecule has 3 fully saturated rings. The second-order valence-corrected chi connectivity index (χ2v) is 11.5. The second kappa shape index (κ2) is 12.3. The summed E-state index contributed by atoms with van der Waals surface area (Å²) in [6.07, 6.45) is 8.75. The van der Waals surface area contributed by atoms with Gasteiger partial charge in [-0.3, -0.25) is 14.4 Å². The molecular formula is C30H49N3O5. The van der Waals surface area contributed by atoms with Crippen molar-refractivity contribution in [2.75, 3.05) is 33.3 Å². The van der Waals surface area contributed by atoms with Gasteiger partial charge in [0.05, 0.1) is 30.1 Å². The number of unbranched alkanes of at least 4 members (excludes halogenated alkanes) is 2. The summed E-state index contributed by atoms with van der Waals surface area (Å²) in [6.45, 7) is 16.8. The van der Waals surface area contributed by atoms with Gasteiger partial charge in [-0.2, -0.15) is 0 Å². The summed E-state index contributed by atoms with van der Waals surface area (Å²) in [5, 5.41) is 10.5. The van der Waals surface area contributed by atoms with Gasteiger partial charge in [-0.1, -0.05) is 59.1 Å². The zero-order valence-corrected chi connectivity index (χ0v) is 24.2.